The van der Waals surface area contributed by atoms with Gasteiger partial charge in [-0.25, -0.2) is 0 Å². The summed E-state index contributed by atoms with van der Waals surface area (Å²) in [6.45, 7) is 3.88. The zero-order valence-corrected chi connectivity index (χ0v) is 15.7. The lowest BCUT2D eigenvalue weighted by Gasteiger charge is -2.18. The van der Waals surface area contributed by atoms with Crippen LogP contribution in [0.15, 0.2) is 60.7 Å². The molecule has 0 unspecified atom stereocenters. The van der Waals surface area contributed by atoms with Crippen LogP contribution in [0.25, 0.3) is 5.69 Å². The van der Waals surface area contributed by atoms with E-state index in [1.165, 1.54) is 11.6 Å². The lowest BCUT2D eigenvalue weighted by Crippen LogP contribution is -2.13. The third-order valence-electron chi connectivity index (χ3n) is 4.92. The molecule has 0 saturated carbocycles. The summed E-state index contributed by atoms with van der Waals surface area (Å²) in [5, 5.41) is 0. The molecule has 0 fully saturated rings. The number of halogens is 3. The molecule has 0 atom stereocenters. The van der Waals surface area contributed by atoms with Crippen molar-refractivity contribution in [1.29, 1.82) is 0 Å². The first kappa shape index (κ1) is 19.3. The van der Waals surface area contributed by atoms with Crippen LogP contribution in [0.3, 0.4) is 0 Å². The van der Waals surface area contributed by atoms with Gasteiger partial charge in [0.15, 0.2) is 0 Å². The molecule has 2 aromatic carbocycles. The zero-order chi connectivity index (χ0) is 19.4. The Morgan fingerprint density at radius 2 is 1.56 bits per heavy atom. The van der Waals surface area contributed by atoms with Gasteiger partial charge in [0, 0.05) is 11.4 Å². The van der Waals surface area contributed by atoms with Gasteiger partial charge < -0.3 is 4.57 Å². The highest BCUT2D eigenvalue weighted by molar-refractivity contribution is 5.48. The Kier molecular flexibility index (Phi) is 5.73. The second-order valence-corrected chi connectivity index (χ2v) is 6.80. The number of aryl methyl sites for hydroxylation is 3. The summed E-state index contributed by atoms with van der Waals surface area (Å²) in [5.74, 6) is 0. The van der Waals surface area contributed by atoms with Crippen molar-refractivity contribution < 1.29 is 13.2 Å². The van der Waals surface area contributed by atoms with Crippen LogP contribution in [-0.2, 0) is 25.4 Å². The molecular formula is C23H24F3N. The topological polar surface area (TPSA) is 4.93 Å². The van der Waals surface area contributed by atoms with Crippen molar-refractivity contribution >= 4 is 0 Å². The standard InChI is InChI=1S/C23H24F3N/c1-3-21-19(13-9-12-18-10-5-4-6-11-18)16-17(2)27(21)22-15-8-7-14-20(22)23(24,25)26/h4-8,10-11,14-16H,3,9,12-13H2,1-2H3. The van der Waals surface area contributed by atoms with E-state index >= 15 is 0 Å². The fraction of sp³-hybridized carbons (Fsp3) is 0.304. The first-order valence-electron chi connectivity index (χ1n) is 9.32. The van der Waals surface area contributed by atoms with Crippen molar-refractivity contribution in [3.05, 3.63) is 88.7 Å². The average Bonchev–Trinajstić information content (AvgIpc) is 2.97. The number of aromatic nitrogens is 1. The zero-order valence-electron chi connectivity index (χ0n) is 15.7. The molecule has 27 heavy (non-hydrogen) atoms. The van der Waals surface area contributed by atoms with E-state index in [1.807, 2.05) is 38.1 Å². The quantitative estimate of drug-likeness (QED) is 0.463. The minimum absolute atomic E-state index is 0.216. The molecule has 1 aromatic heterocycles. The summed E-state index contributed by atoms with van der Waals surface area (Å²) in [6, 6.07) is 18.1. The maximum Gasteiger partial charge on any atom is 0.418 e. The normalized spacial score (nSPS) is 11.7. The number of benzene rings is 2. The molecule has 0 saturated heterocycles. The van der Waals surface area contributed by atoms with E-state index in [0.29, 0.717) is 6.42 Å². The van der Waals surface area contributed by atoms with Crippen molar-refractivity contribution in [3.63, 3.8) is 0 Å². The van der Waals surface area contributed by atoms with Crippen LogP contribution in [0, 0.1) is 6.92 Å². The Bertz CT molecular complexity index is 892. The Hall–Kier alpha value is -2.49. The van der Waals surface area contributed by atoms with Gasteiger partial charge in [0.2, 0.25) is 0 Å². The molecule has 0 N–H and O–H groups in total. The molecule has 142 valence electrons. The van der Waals surface area contributed by atoms with Crippen molar-refractivity contribution in [2.45, 2.75) is 45.7 Å². The van der Waals surface area contributed by atoms with E-state index in [9.17, 15) is 13.2 Å². The van der Waals surface area contributed by atoms with Crippen LogP contribution in [-0.4, -0.2) is 4.57 Å². The molecule has 0 aliphatic rings. The highest BCUT2D eigenvalue weighted by atomic mass is 19.4. The fourth-order valence-electron chi connectivity index (χ4n) is 3.73. The van der Waals surface area contributed by atoms with Gasteiger partial charge in [-0.05, 0) is 61.9 Å². The Morgan fingerprint density at radius 3 is 2.22 bits per heavy atom. The summed E-state index contributed by atoms with van der Waals surface area (Å²) in [7, 11) is 0. The second-order valence-electron chi connectivity index (χ2n) is 6.80. The molecule has 0 spiro atoms. The summed E-state index contributed by atoms with van der Waals surface area (Å²) in [6.07, 6.45) is -0.874. The van der Waals surface area contributed by atoms with E-state index < -0.39 is 11.7 Å². The predicted octanol–water partition coefficient (Wildman–Crippen LogP) is 6.54. The SMILES string of the molecule is CCc1c(CCCc2ccccc2)cc(C)n1-c1ccccc1C(F)(F)F. The summed E-state index contributed by atoms with van der Waals surface area (Å²) >= 11 is 0. The van der Waals surface area contributed by atoms with Gasteiger partial charge >= 0.3 is 6.18 Å². The minimum atomic E-state index is -4.37. The minimum Gasteiger partial charge on any atom is -0.317 e. The van der Waals surface area contributed by atoms with Crippen molar-refractivity contribution in [1.82, 2.24) is 4.57 Å². The van der Waals surface area contributed by atoms with Gasteiger partial charge in [-0.15, -0.1) is 0 Å². The van der Waals surface area contributed by atoms with E-state index in [0.717, 1.165) is 42.3 Å². The average molecular weight is 371 g/mol. The first-order valence-corrected chi connectivity index (χ1v) is 9.32. The number of rotatable bonds is 6. The summed E-state index contributed by atoms with van der Waals surface area (Å²) in [4.78, 5) is 0. The van der Waals surface area contributed by atoms with Crippen molar-refractivity contribution in [2.75, 3.05) is 0 Å². The summed E-state index contributed by atoms with van der Waals surface area (Å²) < 4.78 is 42.2. The molecule has 4 heteroatoms. The first-order chi connectivity index (χ1) is 12.9. The second kappa shape index (κ2) is 8.03. The van der Waals surface area contributed by atoms with Crippen molar-refractivity contribution in [2.24, 2.45) is 0 Å². The Labute approximate surface area is 158 Å². The Balaban J connectivity index is 1.90. The van der Waals surface area contributed by atoms with Gasteiger partial charge in [0.25, 0.3) is 0 Å². The van der Waals surface area contributed by atoms with Crippen LogP contribution in [0.2, 0.25) is 0 Å². The van der Waals surface area contributed by atoms with Gasteiger partial charge in [-0.1, -0.05) is 49.4 Å². The maximum absolute atomic E-state index is 13.5. The molecule has 0 aliphatic heterocycles. The number of nitrogens with zero attached hydrogens (tertiary/aromatic N) is 1. The third-order valence-corrected chi connectivity index (χ3v) is 4.92. The molecule has 0 amide bonds. The van der Waals surface area contributed by atoms with E-state index in [2.05, 4.69) is 12.1 Å². The largest absolute Gasteiger partial charge is 0.418 e. The van der Waals surface area contributed by atoms with Crippen LogP contribution in [0.4, 0.5) is 13.2 Å². The number of hydrogen-bond acceptors (Lipinski definition) is 0. The highest BCUT2D eigenvalue weighted by Crippen LogP contribution is 2.35. The van der Waals surface area contributed by atoms with E-state index in [4.69, 9.17) is 0 Å². The summed E-state index contributed by atoms with van der Waals surface area (Å²) in [5.41, 5.74) is 3.87. The molecule has 0 bridgehead atoms. The van der Waals surface area contributed by atoms with E-state index in [1.54, 1.807) is 16.7 Å². The number of alkyl halides is 3. The van der Waals surface area contributed by atoms with Gasteiger partial charge in [0.05, 0.1) is 11.3 Å². The monoisotopic (exact) mass is 371 g/mol. The third kappa shape index (κ3) is 4.26. The molecule has 3 aromatic rings. The van der Waals surface area contributed by atoms with Crippen molar-refractivity contribution in [3.8, 4) is 5.69 Å². The smallest absolute Gasteiger partial charge is 0.317 e. The lowest BCUT2D eigenvalue weighted by molar-refractivity contribution is -0.137. The highest BCUT2D eigenvalue weighted by Gasteiger charge is 2.34. The van der Waals surface area contributed by atoms with Gasteiger partial charge in [-0.3, -0.25) is 0 Å². The van der Waals surface area contributed by atoms with E-state index in [-0.39, 0.29) is 5.69 Å². The molecule has 0 aliphatic carbocycles. The van der Waals surface area contributed by atoms with Gasteiger partial charge in [0.1, 0.15) is 0 Å². The van der Waals surface area contributed by atoms with Crippen LogP contribution >= 0.6 is 0 Å². The fourth-order valence-corrected chi connectivity index (χ4v) is 3.73. The molecule has 1 nitrogen and oxygen atoms in total. The van der Waals surface area contributed by atoms with Crippen LogP contribution < -0.4 is 0 Å². The van der Waals surface area contributed by atoms with Crippen LogP contribution in [0.5, 0.6) is 0 Å². The Morgan fingerprint density at radius 1 is 0.889 bits per heavy atom. The molecule has 0 radical (unpaired) electrons. The lowest BCUT2D eigenvalue weighted by atomic mass is 10.0. The van der Waals surface area contributed by atoms with Gasteiger partial charge in [-0.2, -0.15) is 13.2 Å². The molecule has 1 heterocycles. The maximum atomic E-state index is 13.5. The number of para-hydroxylation sites is 1. The predicted molar refractivity (Wildman–Crippen MR) is 103 cm³/mol. The van der Waals surface area contributed by atoms with Crippen LogP contribution in [0.1, 0.15) is 41.4 Å². The number of hydrogen-bond donors (Lipinski definition) is 0. The molecular weight excluding hydrogens is 347 g/mol. The molecule has 3 rings (SSSR count).